The number of nitrogens with one attached hydrogen (secondary N) is 1. The van der Waals surface area contributed by atoms with Crippen molar-refractivity contribution in [2.75, 3.05) is 13.7 Å². The minimum Gasteiger partial charge on any atom is -0.383 e. The van der Waals surface area contributed by atoms with Crippen molar-refractivity contribution in [1.29, 1.82) is 0 Å². The van der Waals surface area contributed by atoms with E-state index in [1.54, 1.807) is 7.11 Å². The molecule has 1 rings (SSSR count). The molecular weight excluding hydrogens is 244 g/mol. The van der Waals surface area contributed by atoms with Crippen molar-refractivity contribution in [1.82, 2.24) is 5.43 Å². The molecule has 1 atom stereocenters. The van der Waals surface area contributed by atoms with Gasteiger partial charge in [-0.2, -0.15) is 0 Å². The molecule has 0 amide bonds. The fourth-order valence-electron chi connectivity index (χ4n) is 1.32. The lowest BCUT2D eigenvalue weighted by Gasteiger charge is -2.17. The van der Waals surface area contributed by atoms with Crippen LogP contribution in [0.25, 0.3) is 0 Å². The van der Waals surface area contributed by atoms with Crippen molar-refractivity contribution in [3.8, 4) is 0 Å². The third kappa shape index (κ3) is 2.78. The number of hydrogen-bond donors (Lipinski definition) is 2. The zero-order valence-corrected chi connectivity index (χ0v) is 9.97. The molecule has 0 aromatic heterocycles. The molecule has 0 spiro atoms. The van der Waals surface area contributed by atoms with E-state index in [-0.39, 0.29) is 6.04 Å². The summed E-state index contributed by atoms with van der Waals surface area (Å²) in [5.74, 6) is 5.46. The summed E-state index contributed by atoms with van der Waals surface area (Å²) in [7, 11) is 1.66. The predicted octanol–water partition coefficient (Wildman–Crippen LogP) is 1.91. The van der Waals surface area contributed by atoms with Crippen molar-refractivity contribution in [3.05, 3.63) is 33.8 Å². The Bertz CT molecular complexity index is 304. The van der Waals surface area contributed by atoms with Crippen molar-refractivity contribution >= 4 is 15.9 Å². The van der Waals surface area contributed by atoms with E-state index in [0.717, 1.165) is 10.0 Å². The Morgan fingerprint density at radius 3 is 2.86 bits per heavy atom. The van der Waals surface area contributed by atoms with Gasteiger partial charge >= 0.3 is 0 Å². The van der Waals surface area contributed by atoms with Gasteiger partial charge in [0.2, 0.25) is 0 Å². The van der Waals surface area contributed by atoms with Crippen molar-refractivity contribution in [2.24, 2.45) is 5.84 Å². The largest absolute Gasteiger partial charge is 0.383 e. The first-order valence-electron chi connectivity index (χ1n) is 4.40. The standard InChI is InChI=1S/C10H15BrN2O/c1-7-3-4-9(11)8(5-7)10(13-12)6-14-2/h3-5,10,13H,6,12H2,1-2H3. The average Bonchev–Trinajstić information content (AvgIpc) is 2.18. The zero-order valence-electron chi connectivity index (χ0n) is 8.38. The first-order valence-corrected chi connectivity index (χ1v) is 5.19. The lowest BCUT2D eigenvalue weighted by molar-refractivity contribution is 0.167. The Labute approximate surface area is 92.7 Å². The number of benzene rings is 1. The molecule has 0 heterocycles. The molecule has 0 saturated heterocycles. The van der Waals surface area contributed by atoms with Gasteiger partial charge < -0.3 is 4.74 Å². The number of rotatable bonds is 4. The van der Waals surface area contributed by atoms with Gasteiger partial charge in [0.15, 0.2) is 0 Å². The number of halogens is 1. The lowest BCUT2D eigenvalue weighted by atomic mass is 10.1. The van der Waals surface area contributed by atoms with Gasteiger partial charge in [-0.3, -0.25) is 11.3 Å². The molecule has 1 aromatic rings. The van der Waals surface area contributed by atoms with Gasteiger partial charge in [0.25, 0.3) is 0 Å². The highest BCUT2D eigenvalue weighted by Gasteiger charge is 2.12. The van der Waals surface area contributed by atoms with Crippen molar-refractivity contribution in [3.63, 3.8) is 0 Å². The lowest BCUT2D eigenvalue weighted by Crippen LogP contribution is -2.31. The van der Waals surface area contributed by atoms with Gasteiger partial charge in [0.05, 0.1) is 12.6 Å². The molecule has 3 nitrogen and oxygen atoms in total. The molecule has 3 N–H and O–H groups in total. The zero-order chi connectivity index (χ0) is 10.6. The number of hydrogen-bond acceptors (Lipinski definition) is 3. The van der Waals surface area contributed by atoms with Crippen LogP contribution in [-0.4, -0.2) is 13.7 Å². The number of aryl methyl sites for hydroxylation is 1. The third-order valence-electron chi connectivity index (χ3n) is 2.06. The summed E-state index contributed by atoms with van der Waals surface area (Å²) in [5, 5.41) is 0. The fourth-order valence-corrected chi connectivity index (χ4v) is 1.85. The molecule has 0 saturated carbocycles. The van der Waals surface area contributed by atoms with E-state index in [1.165, 1.54) is 5.56 Å². The van der Waals surface area contributed by atoms with E-state index >= 15 is 0 Å². The smallest absolute Gasteiger partial charge is 0.0704 e. The Balaban J connectivity index is 2.96. The normalized spacial score (nSPS) is 12.9. The van der Waals surface area contributed by atoms with Crippen LogP contribution in [0.4, 0.5) is 0 Å². The number of methoxy groups -OCH3 is 1. The van der Waals surface area contributed by atoms with E-state index in [9.17, 15) is 0 Å². The average molecular weight is 259 g/mol. The van der Waals surface area contributed by atoms with Crippen LogP contribution in [0.15, 0.2) is 22.7 Å². The van der Waals surface area contributed by atoms with Crippen LogP contribution in [0.2, 0.25) is 0 Å². The molecular formula is C10H15BrN2O. The highest BCUT2D eigenvalue weighted by Crippen LogP contribution is 2.24. The fraction of sp³-hybridized carbons (Fsp3) is 0.400. The number of nitrogens with two attached hydrogens (primary N) is 1. The summed E-state index contributed by atoms with van der Waals surface area (Å²) in [6, 6.07) is 6.18. The molecule has 0 bridgehead atoms. The first-order chi connectivity index (χ1) is 6.69. The summed E-state index contributed by atoms with van der Waals surface area (Å²) < 4.78 is 6.13. The second kappa shape index (κ2) is 5.46. The minimum absolute atomic E-state index is 0.0225. The van der Waals surface area contributed by atoms with Crippen molar-refractivity contribution in [2.45, 2.75) is 13.0 Å². The monoisotopic (exact) mass is 258 g/mol. The maximum atomic E-state index is 5.46. The van der Waals surface area contributed by atoms with Crippen LogP contribution in [0.1, 0.15) is 17.2 Å². The van der Waals surface area contributed by atoms with Gasteiger partial charge in [-0.1, -0.05) is 33.6 Å². The molecule has 0 aliphatic carbocycles. The van der Waals surface area contributed by atoms with E-state index in [4.69, 9.17) is 10.6 Å². The maximum Gasteiger partial charge on any atom is 0.0704 e. The van der Waals surface area contributed by atoms with E-state index in [2.05, 4.69) is 34.3 Å². The van der Waals surface area contributed by atoms with Crippen LogP contribution in [0, 0.1) is 6.92 Å². The topological polar surface area (TPSA) is 47.3 Å². The molecule has 78 valence electrons. The van der Waals surface area contributed by atoms with Crippen LogP contribution in [0.5, 0.6) is 0 Å². The molecule has 0 aliphatic rings. The third-order valence-corrected chi connectivity index (χ3v) is 2.78. The first kappa shape index (κ1) is 11.7. The Hall–Kier alpha value is -0.420. The number of hydrazine groups is 1. The summed E-state index contributed by atoms with van der Waals surface area (Å²) >= 11 is 3.49. The SMILES string of the molecule is COCC(NN)c1cc(C)ccc1Br. The summed E-state index contributed by atoms with van der Waals surface area (Å²) in [4.78, 5) is 0. The maximum absolute atomic E-state index is 5.46. The highest BCUT2D eigenvalue weighted by atomic mass is 79.9. The predicted molar refractivity (Wildman–Crippen MR) is 60.8 cm³/mol. The Morgan fingerprint density at radius 1 is 1.57 bits per heavy atom. The number of ether oxygens (including phenoxy) is 1. The van der Waals surface area contributed by atoms with Gasteiger partial charge in [-0.15, -0.1) is 0 Å². The van der Waals surface area contributed by atoms with Crippen LogP contribution in [0.3, 0.4) is 0 Å². The summed E-state index contributed by atoms with van der Waals surface area (Å²) in [6.07, 6.45) is 0. The molecule has 14 heavy (non-hydrogen) atoms. The van der Waals surface area contributed by atoms with E-state index in [1.807, 2.05) is 12.1 Å². The van der Waals surface area contributed by atoms with Gasteiger partial charge in [0.1, 0.15) is 0 Å². The summed E-state index contributed by atoms with van der Waals surface area (Å²) in [6.45, 7) is 2.61. The minimum atomic E-state index is 0.0225. The van der Waals surface area contributed by atoms with Gasteiger partial charge in [-0.05, 0) is 18.6 Å². The Morgan fingerprint density at radius 2 is 2.29 bits per heavy atom. The van der Waals surface area contributed by atoms with Gasteiger partial charge in [-0.25, -0.2) is 0 Å². The molecule has 4 heteroatoms. The Kier molecular flexibility index (Phi) is 4.54. The molecule has 0 fully saturated rings. The molecule has 0 radical (unpaired) electrons. The second-order valence-corrected chi connectivity index (χ2v) is 4.05. The second-order valence-electron chi connectivity index (χ2n) is 3.20. The molecule has 0 aliphatic heterocycles. The van der Waals surface area contributed by atoms with Crippen LogP contribution < -0.4 is 11.3 Å². The van der Waals surface area contributed by atoms with Crippen molar-refractivity contribution < 1.29 is 4.74 Å². The highest BCUT2D eigenvalue weighted by molar-refractivity contribution is 9.10. The molecule has 1 unspecified atom stereocenters. The summed E-state index contributed by atoms with van der Waals surface area (Å²) in [5.41, 5.74) is 5.06. The molecule has 1 aromatic carbocycles. The van der Waals surface area contributed by atoms with Crippen LogP contribution >= 0.6 is 15.9 Å². The van der Waals surface area contributed by atoms with Crippen LogP contribution in [-0.2, 0) is 4.74 Å². The quantitative estimate of drug-likeness (QED) is 0.641. The van der Waals surface area contributed by atoms with E-state index < -0.39 is 0 Å². The van der Waals surface area contributed by atoms with E-state index in [0.29, 0.717) is 6.61 Å². The van der Waals surface area contributed by atoms with Gasteiger partial charge in [0, 0.05) is 11.6 Å².